The number of nitrogens with one attached hydrogen (secondary N) is 1. The van der Waals surface area contributed by atoms with Crippen molar-refractivity contribution in [2.24, 2.45) is 0 Å². The molecule has 0 atom stereocenters. The van der Waals surface area contributed by atoms with E-state index in [0.29, 0.717) is 0 Å². The number of thioether (sulfide) groups is 1. The predicted octanol–water partition coefficient (Wildman–Crippen LogP) is 1.32. The average molecular weight is 121 g/mol. The fourth-order valence-corrected chi connectivity index (χ4v) is 0.505. The second kappa shape index (κ2) is 3.99. The van der Waals surface area contributed by atoms with Crippen LogP contribution in [-0.4, -0.2) is 18.0 Å². The van der Waals surface area contributed by atoms with Crippen molar-refractivity contribution in [2.75, 3.05) is 12.8 Å². The van der Waals surface area contributed by atoms with E-state index >= 15 is 0 Å². The van der Waals surface area contributed by atoms with Crippen LogP contribution >= 0.6 is 11.8 Å². The van der Waals surface area contributed by atoms with E-state index in [2.05, 4.69) is 5.32 Å². The van der Waals surface area contributed by atoms with Crippen molar-refractivity contribution < 1.29 is 6.22 Å². The van der Waals surface area contributed by atoms with Gasteiger partial charge in [0.25, 0.3) is 5.24 Å². The Morgan fingerprint density at radius 2 is 2.57 bits per heavy atom. The van der Waals surface area contributed by atoms with E-state index in [4.69, 9.17) is 0 Å². The van der Waals surface area contributed by atoms with Gasteiger partial charge in [0.05, 0.1) is 0 Å². The Labute approximate surface area is 49.2 Å². The summed E-state index contributed by atoms with van der Waals surface area (Å²) in [5.41, 5.74) is 0. The Balaban J connectivity index is 0. The van der Waals surface area contributed by atoms with Gasteiger partial charge in [-0.2, -0.15) is 0 Å². The number of rotatable bonds is 1. The molecule has 0 bridgehead atoms. The Bertz CT molecular complexity index is 69.1. The topological polar surface area (TPSA) is 29.1 Å². The maximum atomic E-state index is 10.3. The molecule has 0 aliphatic carbocycles. The van der Waals surface area contributed by atoms with Crippen LogP contribution in [0, 0.1) is 0 Å². The van der Waals surface area contributed by atoms with Crippen molar-refractivity contribution >= 4 is 17.0 Å². The molecule has 0 spiro atoms. The van der Waals surface area contributed by atoms with E-state index in [1.165, 1.54) is 11.8 Å². The zero-order valence-corrected chi connectivity index (χ0v) is 5.34. The first kappa shape index (κ1) is 6.82. The van der Waals surface area contributed by atoms with E-state index in [9.17, 15) is 4.79 Å². The van der Waals surface area contributed by atoms with E-state index < -0.39 is 0 Å². The molecule has 0 aliphatic rings. The maximum Gasteiger partial charge on any atom is 0.278 e. The molecule has 1 amide bonds. The highest BCUT2D eigenvalue weighted by Crippen LogP contribution is 1.90. The molecule has 44 valence electrons. The third-order valence-corrected chi connectivity index (χ3v) is 1.02. The van der Waals surface area contributed by atoms with E-state index in [1.54, 1.807) is 6.26 Å². The van der Waals surface area contributed by atoms with Gasteiger partial charge < -0.3 is 5.32 Å². The lowest BCUT2D eigenvalue weighted by atomic mass is 10.8. The number of carbonyl (C=O) groups is 1. The van der Waals surface area contributed by atoms with Gasteiger partial charge >= 0.3 is 0 Å². The van der Waals surface area contributed by atoms with Crippen LogP contribution in [0.15, 0.2) is 0 Å². The van der Waals surface area contributed by atoms with Crippen molar-refractivity contribution in [3.8, 4) is 0 Å². The van der Waals surface area contributed by atoms with Gasteiger partial charge in [0.2, 0.25) is 0 Å². The third kappa shape index (κ3) is 3.66. The lowest BCUT2D eigenvalue weighted by Gasteiger charge is -1.92. The van der Waals surface area contributed by atoms with E-state index in [0.717, 1.165) is 6.54 Å². The van der Waals surface area contributed by atoms with Gasteiger partial charge in [-0.1, -0.05) is 11.8 Å². The Morgan fingerprint density at radius 3 is 2.71 bits per heavy atom. The van der Waals surface area contributed by atoms with Gasteiger partial charge in [-0.3, -0.25) is 4.79 Å². The minimum Gasteiger partial charge on any atom is -0.347 e. The van der Waals surface area contributed by atoms with Crippen molar-refractivity contribution in [1.82, 2.24) is 5.32 Å². The van der Waals surface area contributed by atoms with Crippen LogP contribution in [0.1, 0.15) is 8.35 Å². The van der Waals surface area contributed by atoms with Crippen molar-refractivity contribution in [3.63, 3.8) is 0 Å². The SMILES string of the molecule is CCNC(=O)SC.[HH]. The molecule has 0 radical (unpaired) electrons. The molecule has 0 rings (SSSR count). The molecule has 0 saturated heterocycles. The normalized spacial score (nSPS) is 8.29. The van der Waals surface area contributed by atoms with Crippen molar-refractivity contribution in [3.05, 3.63) is 0 Å². The van der Waals surface area contributed by atoms with Gasteiger partial charge in [-0.25, -0.2) is 0 Å². The molecule has 0 aliphatic heterocycles. The lowest BCUT2D eigenvalue weighted by Crippen LogP contribution is -2.16. The Kier molecular flexibility index (Phi) is 3.89. The number of hydrogen-bond donors (Lipinski definition) is 1. The van der Waals surface area contributed by atoms with Crippen LogP contribution in [0.4, 0.5) is 4.79 Å². The summed E-state index contributed by atoms with van der Waals surface area (Å²) in [5, 5.41) is 2.66. The average Bonchev–Trinajstić information content (AvgIpc) is 1.68. The summed E-state index contributed by atoms with van der Waals surface area (Å²) >= 11 is 1.20. The summed E-state index contributed by atoms with van der Waals surface area (Å²) in [7, 11) is 0. The van der Waals surface area contributed by atoms with Gasteiger partial charge in [-0.15, -0.1) is 0 Å². The summed E-state index contributed by atoms with van der Waals surface area (Å²) < 4.78 is 0. The first-order valence-corrected chi connectivity index (χ1v) is 3.35. The van der Waals surface area contributed by atoms with Crippen LogP contribution < -0.4 is 5.32 Å². The van der Waals surface area contributed by atoms with Crippen LogP contribution in [0.25, 0.3) is 0 Å². The molecule has 0 heterocycles. The highest BCUT2D eigenvalue weighted by atomic mass is 32.2. The summed E-state index contributed by atoms with van der Waals surface area (Å²) in [5.74, 6) is 0. The molecule has 0 aromatic heterocycles. The monoisotopic (exact) mass is 121 g/mol. The van der Waals surface area contributed by atoms with Crippen LogP contribution in [0.2, 0.25) is 0 Å². The van der Waals surface area contributed by atoms with Crippen molar-refractivity contribution in [2.45, 2.75) is 6.92 Å². The molecule has 0 saturated carbocycles. The minimum absolute atomic E-state index is 0. The van der Waals surface area contributed by atoms with Gasteiger partial charge in [0.1, 0.15) is 0 Å². The number of carbonyl (C=O) groups excluding carboxylic acids is 1. The smallest absolute Gasteiger partial charge is 0.278 e. The molecule has 1 N–H and O–H groups in total. The Morgan fingerprint density at radius 1 is 2.00 bits per heavy atom. The van der Waals surface area contributed by atoms with Crippen LogP contribution in [0.5, 0.6) is 0 Å². The molecule has 2 nitrogen and oxygen atoms in total. The zero-order valence-electron chi connectivity index (χ0n) is 4.52. The first-order chi connectivity index (χ1) is 3.31. The maximum absolute atomic E-state index is 10.3. The number of hydrogen-bond acceptors (Lipinski definition) is 2. The summed E-state index contributed by atoms with van der Waals surface area (Å²) in [6.45, 7) is 2.62. The minimum atomic E-state index is 0. The highest BCUT2D eigenvalue weighted by molar-refractivity contribution is 8.12. The molecule has 0 fully saturated rings. The Hall–Kier alpha value is -0.180. The second-order valence-electron chi connectivity index (χ2n) is 1.02. The lowest BCUT2D eigenvalue weighted by molar-refractivity contribution is 0.261. The summed E-state index contributed by atoms with van der Waals surface area (Å²) in [6.07, 6.45) is 1.75. The zero-order chi connectivity index (χ0) is 5.70. The van der Waals surface area contributed by atoms with Crippen LogP contribution in [0.3, 0.4) is 0 Å². The van der Waals surface area contributed by atoms with Crippen molar-refractivity contribution in [1.29, 1.82) is 0 Å². The van der Waals surface area contributed by atoms with E-state index in [-0.39, 0.29) is 6.67 Å². The van der Waals surface area contributed by atoms with Gasteiger partial charge in [-0.05, 0) is 13.2 Å². The molecular weight excluding hydrogens is 110 g/mol. The molecular formula is C4H11NOS. The third-order valence-electron chi connectivity index (χ3n) is 0.507. The first-order valence-electron chi connectivity index (χ1n) is 2.13. The predicted molar refractivity (Wildman–Crippen MR) is 34.7 cm³/mol. The molecule has 0 unspecified atom stereocenters. The molecule has 0 aromatic carbocycles. The molecule has 0 aromatic rings. The summed E-state index contributed by atoms with van der Waals surface area (Å²) in [4.78, 5) is 10.3. The molecule has 7 heavy (non-hydrogen) atoms. The molecule has 3 heteroatoms. The second-order valence-corrected chi connectivity index (χ2v) is 1.80. The summed E-state index contributed by atoms with van der Waals surface area (Å²) in [6, 6.07) is 0. The van der Waals surface area contributed by atoms with Gasteiger partial charge in [0, 0.05) is 7.97 Å². The highest BCUT2D eigenvalue weighted by Gasteiger charge is 1.89. The fourth-order valence-electron chi connectivity index (χ4n) is 0.217. The van der Waals surface area contributed by atoms with Gasteiger partial charge in [0.15, 0.2) is 0 Å². The largest absolute Gasteiger partial charge is 0.347 e. The fraction of sp³-hybridized carbons (Fsp3) is 0.750. The van der Waals surface area contributed by atoms with Crippen LogP contribution in [-0.2, 0) is 0 Å². The standard InChI is InChI=1S/C4H9NOS.H2/c1-3-5-4(6)7-2;/h3H2,1-2H3,(H,5,6);1H. The quantitative estimate of drug-likeness (QED) is 0.567. The number of amides is 1. The van der Waals surface area contributed by atoms with E-state index in [1.807, 2.05) is 6.92 Å².